The fourth-order valence-electron chi connectivity index (χ4n) is 1.76. The zero-order valence-corrected chi connectivity index (χ0v) is 8.93. The summed E-state index contributed by atoms with van der Waals surface area (Å²) in [6.07, 6.45) is 9.10. The Balaban J connectivity index is 2.07. The third-order valence-electron chi connectivity index (χ3n) is 3.15. The van der Waals surface area contributed by atoms with Gasteiger partial charge in [-0.3, -0.25) is 4.79 Å². The lowest BCUT2D eigenvalue weighted by atomic mass is 9.96. The summed E-state index contributed by atoms with van der Waals surface area (Å²) >= 11 is 0. The summed E-state index contributed by atoms with van der Waals surface area (Å²) in [5.74, 6) is 0.401. The summed E-state index contributed by atoms with van der Waals surface area (Å²) in [7, 11) is 0. The fourth-order valence-corrected chi connectivity index (χ4v) is 1.76. The van der Waals surface area contributed by atoms with E-state index in [0.717, 1.165) is 44.9 Å². The molecule has 80 valence electrons. The van der Waals surface area contributed by atoms with Gasteiger partial charge in [0, 0.05) is 18.4 Å². The van der Waals surface area contributed by atoms with E-state index in [1.807, 2.05) is 6.08 Å². The van der Waals surface area contributed by atoms with Crippen molar-refractivity contribution in [1.29, 1.82) is 0 Å². The first-order valence-electron chi connectivity index (χ1n) is 5.59. The Morgan fingerprint density at radius 2 is 2.07 bits per heavy atom. The van der Waals surface area contributed by atoms with Crippen LogP contribution in [-0.4, -0.2) is 12.3 Å². The quantitative estimate of drug-likeness (QED) is 0.477. The molecule has 0 amide bonds. The van der Waals surface area contributed by atoms with Crippen LogP contribution in [0, 0.1) is 5.41 Å². The minimum absolute atomic E-state index is 0.0849. The minimum Gasteiger partial charge on any atom is -0.329 e. The van der Waals surface area contributed by atoms with Crippen molar-refractivity contribution in [2.24, 2.45) is 11.1 Å². The van der Waals surface area contributed by atoms with Crippen LogP contribution in [0.4, 0.5) is 0 Å². The van der Waals surface area contributed by atoms with Gasteiger partial charge < -0.3 is 5.73 Å². The monoisotopic (exact) mass is 195 g/mol. The molecule has 0 saturated heterocycles. The largest absolute Gasteiger partial charge is 0.329 e. The predicted octanol–water partition coefficient (Wildman–Crippen LogP) is 2.43. The molecule has 14 heavy (non-hydrogen) atoms. The number of hydrogen-bond acceptors (Lipinski definition) is 2. The molecular formula is C12H21NO. The molecule has 1 rings (SSSR count). The number of carbonyl (C=O) groups is 1. The molecule has 0 heterocycles. The van der Waals surface area contributed by atoms with Gasteiger partial charge in [-0.05, 0) is 32.1 Å². The second kappa shape index (κ2) is 5.30. The molecule has 0 aliphatic heterocycles. The first-order valence-corrected chi connectivity index (χ1v) is 5.59. The highest BCUT2D eigenvalue weighted by atomic mass is 16.1. The molecule has 1 aliphatic carbocycles. The van der Waals surface area contributed by atoms with Crippen LogP contribution < -0.4 is 5.73 Å². The lowest BCUT2D eigenvalue weighted by Crippen LogP contribution is -2.24. The maximum Gasteiger partial charge on any atom is 0.140 e. The molecule has 0 aromatic rings. The first kappa shape index (κ1) is 11.4. The third kappa shape index (κ3) is 2.95. The number of hydrogen-bond donors (Lipinski definition) is 1. The first-order chi connectivity index (χ1) is 6.75. The zero-order chi connectivity index (χ0) is 10.4. The average molecular weight is 195 g/mol. The highest BCUT2D eigenvalue weighted by Gasteiger charge is 2.47. The van der Waals surface area contributed by atoms with Gasteiger partial charge in [0.15, 0.2) is 0 Å². The van der Waals surface area contributed by atoms with Crippen LogP contribution in [0.1, 0.15) is 44.9 Å². The molecular weight excluding hydrogens is 174 g/mol. The Hall–Kier alpha value is -0.630. The molecule has 2 nitrogen and oxygen atoms in total. The molecule has 0 radical (unpaired) electrons. The Bertz CT molecular complexity index is 206. The van der Waals surface area contributed by atoms with Crippen LogP contribution in [0.15, 0.2) is 12.7 Å². The van der Waals surface area contributed by atoms with Crippen molar-refractivity contribution in [3.63, 3.8) is 0 Å². The van der Waals surface area contributed by atoms with Crippen molar-refractivity contribution in [2.75, 3.05) is 6.54 Å². The van der Waals surface area contributed by atoms with E-state index >= 15 is 0 Å². The summed E-state index contributed by atoms with van der Waals surface area (Å²) in [5.41, 5.74) is 5.50. The van der Waals surface area contributed by atoms with Gasteiger partial charge in [-0.2, -0.15) is 0 Å². The summed E-state index contributed by atoms with van der Waals surface area (Å²) in [6, 6.07) is 0. The lowest BCUT2D eigenvalue weighted by molar-refractivity contribution is -0.123. The van der Waals surface area contributed by atoms with Crippen LogP contribution in [0.5, 0.6) is 0 Å². The summed E-state index contributed by atoms with van der Waals surface area (Å²) in [6.45, 7) is 4.23. The van der Waals surface area contributed by atoms with Crippen molar-refractivity contribution in [3.8, 4) is 0 Å². The highest BCUT2D eigenvalue weighted by molar-refractivity contribution is 5.87. The Morgan fingerprint density at radius 1 is 1.36 bits per heavy atom. The van der Waals surface area contributed by atoms with E-state index in [1.54, 1.807) is 0 Å². The lowest BCUT2D eigenvalue weighted by Gasteiger charge is -2.09. The molecule has 0 aromatic carbocycles. The van der Waals surface area contributed by atoms with Crippen LogP contribution >= 0.6 is 0 Å². The van der Waals surface area contributed by atoms with E-state index in [-0.39, 0.29) is 5.41 Å². The molecule has 0 spiro atoms. The third-order valence-corrected chi connectivity index (χ3v) is 3.15. The van der Waals surface area contributed by atoms with Crippen LogP contribution in [-0.2, 0) is 4.79 Å². The molecule has 1 aliphatic rings. The van der Waals surface area contributed by atoms with Crippen LogP contribution in [0.25, 0.3) is 0 Å². The van der Waals surface area contributed by atoms with E-state index in [0.29, 0.717) is 12.3 Å². The molecule has 2 heteroatoms. The summed E-state index contributed by atoms with van der Waals surface area (Å²) in [5, 5.41) is 0. The number of unbranched alkanes of at least 4 members (excludes halogenated alkanes) is 3. The predicted molar refractivity (Wildman–Crippen MR) is 59.0 cm³/mol. The molecule has 2 N–H and O–H groups in total. The minimum atomic E-state index is -0.0849. The second-order valence-electron chi connectivity index (χ2n) is 4.30. The van der Waals surface area contributed by atoms with E-state index in [2.05, 4.69) is 6.58 Å². The fraction of sp³-hybridized carbons (Fsp3) is 0.750. The van der Waals surface area contributed by atoms with Gasteiger partial charge in [0.25, 0.3) is 0 Å². The average Bonchev–Trinajstić information content (AvgIpc) is 2.98. The van der Waals surface area contributed by atoms with Gasteiger partial charge in [-0.25, -0.2) is 0 Å². The normalized spacial score (nSPS) is 17.8. The van der Waals surface area contributed by atoms with Crippen LogP contribution in [0.3, 0.4) is 0 Å². The van der Waals surface area contributed by atoms with E-state index < -0.39 is 0 Å². The van der Waals surface area contributed by atoms with E-state index in [9.17, 15) is 4.79 Å². The van der Waals surface area contributed by atoms with E-state index in [4.69, 9.17) is 5.73 Å². The SMILES string of the molecule is C=CCCCCCC(=O)C1(CN)CC1. The van der Waals surface area contributed by atoms with Gasteiger partial charge in [0.1, 0.15) is 5.78 Å². The number of carbonyl (C=O) groups excluding carboxylic acids is 1. The van der Waals surface area contributed by atoms with Crippen molar-refractivity contribution in [1.82, 2.24) is 0 Å². The van der Waals surface area contributed by atoms with E-state index in [1.165, 1.54) is 0 Å². The second-order valence-corrected chi connectivity index (χ2v) is 4.30. The van der Waals surface area contributed by atoms with Gasteiger partial charge >= 0.3 is 0 Å². The molecule has 0 atom stereocenters. The molecule has 1 fully saturated rings. The highest BCUT2D eigenvalue weighted by Crippen LogP contribution is 2.46. The number of nitrogens with two attached hydrogens (primary N) is 1. The van der Waals surface area contributed by atoms with Crippen molar-refractivity contribution in [2.45, 2.75) is 44.9 Å². The molecule has 0 bridgehead atoms. The number of ketones is 1. The van der Waals surface area contributed by atoms with Crippen molar-refractivity contribution < 1.29 is 4.79 Å². The Labute approximate surface area is 86.6 Å². The van der Waals surface area contributed by atoms with Gasteiger partial charge in [-0.1, -0.05) is 12.5 Å². The smallest absolute Gasteiger partial charge is 0.140 e. The summed E-state index contributed by atoms with van der Waals surface area (Å²) in [4.78, 5) is 11.7. The standard InChI is InChI=1S/C12H21NO/c1-2-3-4-5-6-7-11(14)12(10-13)8-9-12/h2H,1,3-10,13H2. The summed E-state index contributed by atoms with van der Waals surface area (Å²) < 4.78 is 0. The zero-order valence-electron chi connectivity index (χ0n) is 8.93. The topological polar surface area (TPSA) is 43.1 Å². The van der Waals surface area contributed by atoms with Crippen molar-refractivity contribution in [3.05, 3.63) is 12.7 Å². The molecule has 1 saturated carbocycles. The Kier molecular flexibility index (Phi) is 4.33. The van der Waals surface area contributed by atoms with Gasteiger partial charge in [-0.15, -0.1) is 6.58 Å². The number of Topliss-reactive ketones (excluding diaryl/α,β-unsaturated/α-hetero) is 1. The maximum atomic E-state index is 11.7. The van der Waals surface area contributed by atoms with Crippen LogP contribution in [0.2, 0.25) is 0 Å². The van der Waals surface area contributed by atoms with Gasteiger partial charge in [0.2, 0.25) is 0 Å². The Morgan fingerprint density at radius 3 is 2.57 bits per heavy atom. The molecule has 0 aromatic heterocycles. The van der Waals surface area contributed by atoms with Crippen molar-refractivity contribution >= 4 is 5.78 Å². The number of allylic oxidation sites excluding steroid dienone is 1. The molecule has 0 unspecified atom stereocenters. The number of rotatable bonds is 8. The van der Waals surface area contributed by atoms with Gasteiger partial charge in [0.05, 0.1) is 0 Å². The maximum absolute atomic E-state index is 11.7.